The zero-order chi connectivity index (χ0) is 9.10. The van der Waals surface area contributed by atoms with E-state index in [9.17, 15) is 0 Å². The fourth-order valence-electron chi connectivity index (χ4n) is 1.59. The predicted octanol–water partition coefficient (Wildman–Crippen LogP) is 0.888. The van der Waals surface area contributed by atoms with Gasteiger partial charge in [0.15, 0.2) is 0 Å². The van der Waals surface area contributed by atoms with Gasteiger partial charge in [-0.2, -0.15) is 0 Å². The summed E-state index contributed by atoms with van der Waals surface area (Å²) in [5.74, 6) is 0.759. The number of rotatable bonds is 3. The zero-order valence-corrected chi connectivity index (χ0v) is 7.40. The molecule has 1 aromatic rings. The van der Waals surface area contributed by atoms with Crippen LogP contribution in [0.2, 0.25) is 0 Å². The normalized spacial score (nSPS) is 22.4. The molecule has 1 aliphatic rings. The minimum absolute atomic E-state index is 0.00838. The van der Waals surface area contributed by atoms with Crippen LogP contribution in [0.5, 0.6) is 0 Å². The van der Waals surface area contributed by atoms with Crippen molar-refractivity contribution in [1.82, 2.24) is 5.16 Å². The summed E-state index contributed by atoms with van der Waals surface area (Å²) in [5.41, 5.74) is 0.774. The van der Waals surface area contributed by atoms with E-state index in [-0.39, 0.29) is 12.7 Å². The van der Waals surface area contributed by atoms with Gasteiger partial charge in [-0.15, -0.1) is 0 Å². The van der Waals surface area contributed by atoms with E-state index in [1.54, 1.807) is 6.20 Å². The Kier molecular flexibility index (Phi) is 2.61. The summed E-state index contributed by atoms with van der Waals surface area (Å²) in [5, 5.41) is 12.6. The highest BCUT2D eigenvalue weighted by Gasteiger charge is 2.19. The standard InChI is InChI=1S/C9H13NO3/c11-6-7-5-10-13-9(7)4-8-2-1-3-12-8/h5,8,11H,1-4,6H2. The van der Waals surface area contributed by atoms with Gasteiger partial charge < -0.3 is 14.4 Å². The van der Waals surface area contributed by atoms with Crippen LogP contribution in [-0.4, -0.2) is 23.0 Å². The molecule has 0 bridgehead atoms. The highest BCUT2D eigenvalue weighted by Crippen LogP contribution is 2.19. The Morgan fingerprint density at radius 3 is 3.23 bits per heavy atom. The first-order chi connectivity index (χ1) is 6.40. The average Bonchev–Trinajstić information content (AvgIpc) is 2.76. The highest BCUT2D eigenvalue weighted by atomic mass is 16.5. The lowest BCUT2D eigenvalue weighted by Gasteiger charge is -2.06. The lowest BCUT2D eigenvalue weighted by atomic mass is 10.1. The first-order valence-electron chi connectivity index (χ1n) is 4.55. The van der Waals surface area contributed by atoms with E-state index in [1.807, 2.05) is 0 Å². The third-order valence-electron chi connectivity index (χ3n) is 2.34. The second kappa shape index (κ2) is 3.89. The maximum Gasteiger partial charge on any atom is 0.144 e. The highest BCUT2D eigenvalue weighted by molar-refractivity contribution is 5.12. The van der Waals surface area contributed by atoms with Crippen LogP contribution in [0, 0.1) is 0 Å². The molecule has 4 heteroatoms. The van der Waals surface area contributed by atoms with Gasteiger partial charge in [0.1, 0.15) is 5.76 Å². The van der Waals surface area contributed by atoms with Gasteiger partial charge in [-0.3, -0.25) is 0 Å². The molecule has 2 heterocycles. The van der Waals surface area contributed by atoms with Crippen molar-refractivity contribution >= 4 is 0 Å². The zero-order valence-electron chi connectivity index (χ0n) is 7.40. The molecular weight excluding hydrogens is 170 g/mol. The Bertz CT molecular complexity index is 266. The van der Waals surface area contributed by atoms with Gasteiger partial charge in [0.2, 0.25) is 0 Å². The maximum absolute atomic E-state index is 8.94. The fourth-order valence-corrected chi connectivity index (χ4v) is 1.59. The molecule has 0 radical (unpaired) electrons. The Labute approximate surface area is 76.5 Å². The molecule has 4 nitrogen and oxygen atoms in total. The minimum Gasteiger partial charge on any atom is -0.391 e. The molecule has 0 aliphatic carbocycles. The van der Waals surface area contributed by atoms with Crippen LogP contribution in [0.1, 0.15) is 24.2 Å². The van der Waals surface area contributed by atoms with Crippen LogP contribution in [0.3, 0.4) is 0 Å². The summed E-state index contributed by atoms with van der Waals surface area (Å²) < 4.78 is 10.5. The molecule has 1 aromatic heterocycles. The molecule has 2 rings (SSSR count). The topological polar surface area (TPSA) is 55.5 Å². The fraction of sp³-hybridized carbons (Fsp3) is 0.667. The number of hydrogen-bond donors (Lipinski definition) is 1. The van der Waals surface area contributed by atoms with Gasteiger partial charge in [0, 0.05) is 18.6 Å². The summed E-state index contributed by atoms with van der Waals surface area (Å²) in [7, 11) is 0. The molecular formula is C9H13NO3. The van der Waals surface area contributed by atoms with Crippen LogP contribution < -0.4 is 0 Å². The monoisotopic (exact) mass is 183 g/mol. The Hall–Kier alpha value is -0.870. The molecule has 0 amide bonds. The molecule has 1 N–H and O–H groups in total. The van der Waals surface area contributed by atoms with E-state index in [2.05, 4.69) is 5.16 Å². The Morgan fingerprint density at radius 1 is 1.62 bits per heavy atom. The van der Waals surface area contributed by atoms with Crippen molar-refractivity contribution in [2.24, 2.45) is 0 Å². The van der Waals surface area contributed by atoms with E-state index in [0.717, 1.165) is 37.2 Å². The van der Waals surface area contributed by atoms with E-state index >= 15 is 0 Å². The quantitative estimate of drug-likeness (QED) is 0.756. The van der Waals surface area contributed by atoms with Gasteiger partial charge in [0.05, 0.1) is 18.9 Å². The number of aliphatic hydroxyl groups excluding tert-OH is 1. The lowest BCUT2D eigenvalue weighted by molar-refractivity contribution is 0.104. The molecule has 13 heavy (non-hydrogen) atoms. The van der Waals surface area contributed by atoms with Crippen molar-refractivity contribution in [3.05, 3.63) is 17.5 Å². The molecule has 0 saturated carbocycles. The van der Waals surface area contributed by atoms with Gasteiger partial charge in [0.25, 0.3) is 0 Å². The van der Waals surface area contributed by atoms with E-state index in [4.69, 9.17) is 14.4 Å². The summed E-state index contributed by atoms with van der Waals surface area (Å²) in [4.78, 5) is 0. The Morgan fingerprint density at radius 2 is 2.54 bits per heavy atom. The third kappa shape index (κ3) is 1.89. The molecule has 1 saturated heterocycles. The largest absolute Gasteiger partial charge is 0.391 e. The molecule has 1 unspecified atom stereocenters. The summed E-state index contributed by atoms with van der Waals surface area (Å²) in [6.45, 7) is 0.832. The van der Waals surface area contributed by atoms with E-state index in [0.29, 0.717) is 0 Å². The van der Waals surface area contributed by atoms with Crippen LogP contribution in [-0.2, 0) is 17.8 Å². The first kappa shape index (κ1) is 8.72. The van der Waals surface area contributed by atoms with Gasteiger partial charge in [-0.1, -0.05) is 5.16 Å². The second-order valence-corrected chi connectivity index (χ2v) is 3.27. The van der Waals surface area contributed by atoms with Crippen molar-refractivity contribution < 1.29 is 14.4 Å². The Balaban J connectivity index is 1.99. The van der Waals surface area contributed by atoms with Crippen LogP contribution >= 0.6 is 0 Å². The van der Waals surface area contributed by atoms with Crippen molar-refractivity contribution in [3.8, 4) is 0 Å². The van der Waals surface area contributed by atoms with Gasteiger partial charge in [-0.05, 0) is 12.8 Å². The van der Waals surface area contributed by atoms with Gasteiger partial charge in [-0.25, -0.2) is 0 Å². The molecule has 1 fully saturated rings. The SMILES string of the molecule is OCc1cnoc1CC1CCCO1. The smallest absolute Gasteiger partial charge is 0.144 e. The molecule has 1 atom stereocenters. The molecule has 72 valence electrons. The molecule has 1 aliphatic heterocycles. The number of aliphatic hydroxyl groups is 1. The van der Waals surface area contributed by atoms with Crippen LogP contribution in [0.4, 0.5) is 0 Å². The number of aromatic nitrogens is 1. The van der Waals surface area contributed by atoms with Crippen molar-refractivity contribution in [1.29, 1.82) is 0 Å². The number of ether oxygens (including phenoxy) is 1. The predicted molar refractivity (Wildman–Crippen MR) is 45.1 cm³/mol. The van der Waals surface area contributed by atoms with Crippen molar-refractivity contribution in [3.63, 3.8) is 0 Å². The number of nitrogens with zero attached hydrogens (tertiary/aromatic N) is 1. The second-order valence-electron chi connectivity index (χ2n) is 3.27. The minimum atomic E-state index is -0.00838. The van der Waals surface area contributed by atoms with Crippen molar-refractivity contribution in [2.75, 3.05) is 6.61 Å². The number of hydrogen-bond acceptors (Lipinski definition) is 4. The average molecular weight is 183 g/mol. The van der Waals surface area contributed by atoms with Crippen LogP contribution in [0.25, 0.3) is 0 Å². The third-order valence-corrected chi connectivity index (χ3v) is 2.34. The van der Waals surface area contributed by atoms with Crippen LogP contribution in [0.15, 0.2) is 10.7 Å². The lowest BCUT2D eigenvalue weighted by Crippen LogP contribution is -2.09. The first-order valence-corrected chi connectivity index (χ1v) is 4.55. The summed E-state index contributed by atoms with van der Waals surface area (Å²) in [6.07, 6.45) is 4.73. The molecule has 0 aromatic carbocycles. The maximum atomic E-state index is 8.94. The van der Waals surface area contributed by atoms with E-state index < -0.39 is 0 Å². The summed E-state index contributed by atoms with van der Waals surface area (Å²) >= 11 is 0. The van der Waals surface area contributed by atoms with Gasteiger partial charge >= 0.3 is 0 Å². The summed E-state index contributed by atoms with van der Waals surface area (Å²) in [6, 6.07) is 0. The van der Waals surface area contributed by atoms with E-state index in [1.165, 1.54) is 0 Å². The van der Waals surface area contributed by atoms with Crippen molar-refractivity contribution in [2.45, 2.75) is 32.0 Å². The molecule has 0 spiro atoms.